The molecule has 1 aliphatic carbocycles. The van der Waals surface area contributed by atoms with Gasteiger partial charge in [0.15, 0.2) is 6.61 Å². The lowest BCUT2D eigenvalue weighted by Gasteiger charge is -2.36. The van der Waals surface area contributed by atoms with Gasteiger partial charge in [0, 0.05) is 0 Å². The van der Waals surface area contributed by atoms with Crippen molar-refractivity contribution in [1.29, 1.82) is 0 Å². The van der Waals surface area contributed by atoms with Gasteiger partial charge in [0.1, 0.15) is 11.4 Å². The zero-order valence-corrected chi connectivity index (χ0v) is 18.2. The Morgan fingerprint density at radius 2 is 1.62 bits per heavy atom. The second-order valence-corrected chi connectivity index (χ2v) is 10.4. The SMILES string of the molecule is CC(C)(C)CC(C1=CCC=C(OCC(=O)OC(C)(C)C)C=C1)C(C)(C)C. The first kappa shape index (κ1) is 22.5. The van der Waals surface area contributed by atoms with Gasteiger partial charge in [-0.05, 0) is 68.1 Å². The van der Waals surface area contributed by atoms with E-state index < -0.39 is 5.60 Å². The van der Waals surface area contributed by atoms with Crippen molar-refractivity contribution in [2.24, 2.45) is 16.7 Å². The molecule has 0 saturated heterocycles. The Labute approximate surface area is 160 Å². The van der Waals surface area contributed by atoms with Gasteiger partial charge >= 0.3 is 5.97 Å². The number of carbonyl (C=O) groups excluding carboxylic acids is 1. The van der Waals surface area contributed by atoms with Gasteiger partial charge in [-0.25, -0.2) is 4.79 Å². The van der Waals surface area contributed by atoms with Crippen LogP contribution in [0.15, 0.2) is 35.6 Å². The number of hydrogen-bond acceptors (Lipinski definition) is 3. The molecule has 0 aromatic rings. The van der Waals surface area contributed by atoms with Gasteiger partial charge in [-0.3, -0.25) is 0 Å². The van der Waals surface area contributed by atoms with Crippen LogP contribution in [0.1, 0.15) is 75.2 Å². The van der Waals surface area contributed by atoms with E-state index in [2.05, 4.69) is 53.7 Å². The predicted octanol–water partition coefficient (Wildman–Crippen LogP) is 6.21. The second-order valence-electron chi connectivity index (χ2n) is 10.4. The molecule has 0 bridgehead atoms. The molecule has 0 aliphatic heterocycles. The summed E-state index contributed by atoms with van der Waals surface area (Å²) in [5.74, 6) is 0.854. The van der Waals surface area contributed by atoms with E-state index in [4.69, 9.17) is 9.47 Å². The number of ether oxygens (including phenoxy) is 2. The molecule has 0 N–H and O–H groups in total. The van der Waals surface area contributed by atoms with Crippen LogP contribution in [0.25, 0.3) is 0 Å². The highest BCUT2D eigenvalue weighted by atomic mass is 16.6. The van der Waals surface area contributed by atoms with Gasteiger partial charge in [-0.15, -0.1) is 0 Å². The highest BCUT2D eigenvalue weighted by Crippen LogP contribution is 2.41. The number of esters is 1. The molecule has 0 saturated carbocycles. The summed E-state index contributed by atoms with van der Waals surface area (Å²) in [5.41, 5.74) is 1.31. The maximum absolute atomic E-state index is 11.8. The van der Waals surface area contributed by atoms with E-state index in [0.717, 1.165) is 18.6 Å². The largest absolute Gasteiger partial charge is 0.482 e. The fourth-order valence-corrected chi connectivity index (χ4v) is 3.04. The van der Waals surface area contributed by atoms with Crippen LogP contribution in [0.2, 0.25) is 0 Å². The van der Waals surface area contributed by atoms with Crippen LogP contribution < -0.4 is 0 Å². The summed E-state index contributed by atoms with van der Waals surface area (Å²) >= 11 is 0. The van der Waals surface area contributed by atoms with Crippen molar-refractivity contribution in [2.75, 3.05) is 6.61 Å². The third-order valence-corrected chi connectivity index (χ3v) is 4.15. The fraction of sp³-hybridized carbons (Fsp3) is 0.696. The monoisotopic (exact) mass is 362 g/mol. The van der Waals surface area contributed by atoms with Crippen molar-refractivity contribution in [3.63, 3.8) is 0 Å². The third-order valence-electron chi connectivity index (χ3n) is 4.15. The predicted molar refractivity (Wildman–Crippen MR) is 109 cm³/mol. The first-order valence-electron chi connectivity index (χ1n) is 9.60. The summed E-state index contributed by atoms with van der Waals surface area (Å²) in [4.78, 5) is 11.8. The van der Waals surface area contributed by atoms with Crippen LogP contribution in [-0.4, -0.2) is 18.2 Å². The van der Waals surface area contributed by atoms with Gasteiger partial charge in [-0.1, -0.05) is 53.7 Å². The molecule has 0 amide bonds. The highest BCUT2D eigenvalue weighted by Gasteiger charge is 2.31. The Balaban J connectivity index is 2.76. The molecule has 0 fully saturated rings. The molecule has 3 heteroatoms. The average Bonchev–Trinajstić information content (AvgIpc) is 2.64. The van der Waals surface area contributed by atoms with Crippen molar-refractivity contribution in [2.45, 2.75) is 80.8 Å². The van der Waals surface area contributed by atoms with E-state index in [9.17, 15) is 4.79 Å². The zero-order valence-electron chi connectivity index (χ0n) is 18.2. The van der Waals surface area contributed by atoms with Crippen LogP contribution in [-0.2, 0) is 14.3 Å². The van der Waals surface area contributed by atoms with Gasteiger partial charge < -0.3 is 9.47 Å². The van der Waals surface area contributed by atoms with E-state index in [1.54, 1.807) is 0 Å². The summed E-state index contributed by atoms with van der Waals surface area (Å²) in [7, 11) is 0. The minimum absolute atomic E-state index is 0.0620. The van der Waals surface area contributed by atoms with Crippen LogP contribution >= 0.6 is 0 Å². The first-order chi connectivity index (χ1) is 11.7. The third kappa shape index (κ3) is 8.73. The van der Waals surface area contributed by atoms with Crippen molar-refractivity contribution in [3.05, 3.63) is 35.6 Å². The average molecular weight is 363 g/mol. The highest BCUT2D eigenvalue weighted by molar-refractivity contribution is 5.71. The fourth-order valence-electron chi connectivity index (χ4n) is 3.04. The second kappa shape index (κ2) is 8.45. The Morgan fingerprint density at radius 3 is 2.12 bits per heavy atom. The van der Waals surface area contributed by atoms with E-state index in [0.29, 0.717) is 5.92 Å². The lowest BCUT2D eigenvalue weighted by Crippen LogP contribution is -2.27. The van der Waals surface area contributed by atoms with Crippen LogP contribution in [0, 0.1) is 16.7 Å². The molecular weight excluding hydrogens is 324 g/mol. The zero-order chi connectivity index (χ0) is 20.2. The minimum Gasteiger partial charge on any atom is -0.482 e. The summed E-state index contributed by atoms with van der Waals surface area (Å²) in [6.45, 7) is 19.3. The summed E-state index contributed by atoms with van der Waals surface area (Å²) < 4.78 is 10.9. The topological polar surface area (TPSA) is 35.5 Å². The quantitative estimate of drug-likeness (QED) is 0.545. The minimum atomic E-state index is -0.490. The van der Waals surface area contributed by atoms with Crippen molar-refractivity contribution >= 4 is 5.97 Å². The molecule has 1 aliphatic rings. The van der Waals surface area contributed by atoms with Gasteiger partial charge in [0.2, 0.25) is 0 Å². The maximum atomic E-state index is 11.8. The Morgan fingerprint density at radius 1 is 1.00 bits per heavy atom. The maximum Gasteiger partial charge on any atom is 0.344 e. The molecule has 3 nitrogen and oxygen atoms in total. The lowest BCUT2D eigenvalue weighted by molar-refractivity contribution is -0.158. The van der Waals surface area contributed by atoms with Crippen LogP contribution in [0.5, 0.6) is 0 Å². The molecule has 0 aromatic carbocycles. The molecule has 0 spiro atoms. The van der Waals surface area contributed by atoms with Crippen LogP contribution in [0.3, 0.4) is 0 Å². The molecule has 1 rings (SSSR count). The Bertz CT molecular complexity index is 572. The van der Waals surface area contributed by atoms with E-state index in [-0.39, 0.29) is 23.4 Å². The van der Waals surface area contributed by atoms with Crippen molar-refractivity contribution in [1.82, 2.24) is 0 Å². The number of hydrogen-bond donors (Lipinski definition) is 0. The molecule has 0 heterocycles. The van der Waals surface area contributed by atoms with Crippen molar-refractivity contribution < 1.29 is 14.3 Å². The van der Waals surface area contributed by atoms with Gasteiger partial charge in [0.05, 0.1) is 0 Å². The van der Waals surface area contributed by atoms with Crippen molar-refractivity contribution in [3.8, 4) is 0 Å². The van der Waals surface area contributed by atoms with Gasteiger partial charge in [0.25, 0.3) is 0 Å². The summed E-state index contributed by atoms with van der Waals surface area (Å²) in [5, 5.41) is 0. The smallest absolute Gasteiger partial charge is 0.344 e. The molecule has 0 aromatic heterocycles. The molecule has 1 unspecified atom stereocenters. The summed E-state index contributed by atoms with van der Waals surface area (Å²) in [6, 6.07) is 0. The van der Waals surface area contributed by atoms with E-state index in [1.165, 1.54) is 5.57 Å². The first-order valence-corrected chi connectivity index (χ1v) is 9.60. The van der Waals surface area contributed by atoms with E-state index in [1.807, 2.05) is 32.9 Å². The van der Waals surface area contributed by atoms with Gasteiger partial charge in [-0.2, -0.15) is 0 Å². The summed E-state index contributed by atoms with van der Waals surface area (Å²) in [6.07, 6.45) is 10.4. The number of carbonyl (C=O) groups is 1. The number of rotatable bonds is 5. The molecule has 1 atom stereocenters. The lowest BCUT2D eigenvalue weighted by atomic mass is 9.68. The Hall–Kier alpha value is -1.51. The standard InChI is InChI=1S/C23H38O3/c1-21(2,3)15-19(22(4,5)6)17-11-10-12-18(14-13-17)25-16-20(24)26-23(7,8)9/h11-14,19H,10,15-16H2,1-9H3. The van der Waals surface area contributed by atoms with Crippen LogP contribution in [0.4, 0.5) is 0 Å². The molecule has 0 radical (unpaired) electrons. The molecular formula is C23H38O3. The molecule has 26 heavy (non-hydrogen) atoms. The normalized spacial score (nSPS) is 17.1. The number of allylic oxidation sites excluding steroid dienone is 5. The Kier molecular flexibility index (Phi) is 7.33. The van der Waals surface area contributed by atoms with E-state index >= 15 is 0 Å². The molecule has 148 valence electrons.